The summed E-state index contributed by atoms with van der Waals surface area (Å²) in [6.07, 6.45) is 1.77. The molecule has 3 rings (SSSR count). The third kappa shape index (κ3) is 4.14. The number of aryl methyl sites for hydroxylation is 1. The maximum atomic E-state index is 8.99. The standard InChI is InChI=1S/C20H22N4O/c1-15-13-20(22-19-6-4-3-5-18(15)19)23-21-14-16-7-9-17(10-8-16)24(2)11-12-25/h3-10,13-14,25H,11-12H2,1-2H3,(H,22,23)/b21-14+. The number of pyridine rings is 1. The number of aliphatic hydroxyl groups is 1. The summed E-state index contributed by atoms with van der Waals surface area (Å²) in [5, 5.41) is 14.4. The number of fused-ring (bicyclic) bond motifs is 1. The van der Waals surface area contributed by atoms with E-state index in [1.54, 1.807) is 6.21 Å². The summed E-state index contributed by atoms with van der Waals surface area (Å²) in [6.45, 7) is 2.82. The van der Waals surface area contributed by atoms with Crippen molar-refractivity contribution in [1.29, 1.82) is 0 Å². The van der Waals surface area contributed by atoms with E-state index in [2.05, 4.69) is 28.5 Å². The van der Waals surface area contributed by atoms with Crippen LogP contribution in [0.2, 0.25) is 0 Å². The number of aromatic nitrogens is 1. The number of nitrogens with one attached hydrogen (secondary N) is 1. The molecular formula is C20H22N4O. The lowest BCUT2D eigenvalue weighted by atomic mass is 10.1. The van der Waals surface area contributed by atoms with Crippen LogP contribution in [-0.4, -0.2) is 36.5 Å². The number of hydrogen-bond donors (Lipinski definition) is 2. The molecule has 0 saturated heterocycles. The van der Waals surface area contributed by atoms with Crippen LogP contribution in [0.15, 0.2) is 59.7 Å². The zero-order chi connectivity index (χ0) is 17.6. The number of rotatable bonds is 6. The van der Waals surface area contributed by atoms with Gasteiger partial charge in [-0.2, -0.15) is 5.10 Å². The number of para-hydroxylation sites is 1. The summed E-state index contributed by atoms with van der Waals surface area (Å²) >= 11 is 0. The van der Waals surface area contributed by atoms with E-state index in [-0.39, 0.29) is 6.61 Å². The van der Waals surface area contributed by atoms with Gasteiger partial charge in [0.25, 0.3) is 0 Å². The number of anilines is 2. The first-order valence-electron chi connectivity index (χ1n) is 8.25. The van der Waals surface area contributed by atoms with Gasteiger partial charge in [0.05, 0.1) is 18.3 Å². The van der Waals surface area contributed by atoms with Crippen molar-refractivity contribution >= 4 is 28.6 Å². The summed E-state index contributed by atoms with van der Waals surface area (Å²) in [6, 6.07) is 18.1. The molecule has 0 fully saturated rings. The number of hydrogen-bond acceptors (Lipinski definition) is 5. The fraction of sp³-hybridized carbons (Fsp3) is 0.200. The topological polar surface area (TPSA) is 60.8 Å². The quantitative estimate of drug-likeness (QED) is 0.536. The van der Waals surface area contributed by atoms with Crippen LogP contribution in [0.25, 0.3) is 10.9 Å². The molecule has 0 aliphatic rings. The SMILES string of the molecule is Cc1cc(N/N=C/c2ccc(N(C)CCO)cc2)nc2ccccc12. The van der Waals surface area contributed by atoms with Gasteiger partial charge in [0.1, 0.15) is 5.82 Å². The predicted octanol–water partition coefficient (Wildman–Crippen LogP) is 3.42. The molecule has 0 spiro atoms. The first-order valence-corrected chi connectivity index (χ1v) is 8.25. The Hall–Kier alpha value is -2.92. The van der Waals surface area contributed by atoms with Crippen LogP contribution in [0.1, 0.15) is 11.1 Å². The molecule has 0 amide bonds. The maximum absolute atomic E-state index is 8.99. The van der Waals surface area contributed by atoms with Crippen LogP contribution in [0.4, 0.5) is 11.5 Å². The van der Waals surface area contributed by atoms with Crippen LogP contribution < -0.4 is 10.3 Å². The van der Waals surface area contributed by atoms with Crippen molar-refractivity contribution < 1.29 is 5.11 Å². The minimum Gasteiger partial charge on any atom is -0.395 e. The summed E-state index contributed by atoms with van der Waals surface area (Å²) in [4.78, 5) is 6.57. The van der Waals surface area contributed by atoms with Gasteiger partial charge in [-0.15, -0.1) is 0 Å². The normalized spacial score (nSPS) is 11.2. The van der Waals surface area contributed by atoms with Crippen LogP contribution >= 0.6 is 0 Å². The minimum absolute atomic E-state index is 0.141. The van der Waals surface area contributed by atoms with Crippen molar-refractivity contribution in [2.45, 2.75) is 6.92 Å². The average molecular weight is 334 g/mol. The summed E-state index contributed by atoms with van der Waals surface area (Å²) in [5.41, 5.74) is 7.17. The van der Waals surface area contributed by atoms with Gasteiger partial charge in [-0.3, -0.25) is 5.43 Å². The van der Waals surface area contributed by atoms with Crippen LogP contribution in [-0.2, 0) is 0 Å². The van der Waals surface area contributed by atoms with Crippen molar-refractivity contribution in [3.8, 4) is 0 Å². The van der Waals surface area contributed by atoms with Crippen molar-refractivity contribution in [3.63, 3.8) is 0 Å². The van der Waals surface area contributed by atoms with E-state index in [0.717, 1.165) is 28.0 Å². The first kappa shape index (κ1) is 16.9. The van der Waals surface area contributed by atoms with E-state index in [9.17, 15) is 0 Å². The minimum atomic E-state index is 0.141. The maximum Gasteiger partial charge on any atom is 0.147 e. The lowest BCUT2D eigenvalue weighted by Crippen LogP contribution is -2.20. The van der Waals surface area contributed by atoms with Gasteiger partial charge in [0.15, 0.2) is 0 Å². The number of aliphatic hydroxyl groups excluding tert-OH is 1. The van der Waals surface area contributed by atoms with E-state index in [1.807, 2.05) is 60.5 Å². The Morgan fingerprint density at radius 1 is 1.16 bits per heavy atom. The molecule has 2 N–H and O–H groups in total. The number of benzene rings is 2. The van der Waals surface area contributed by atoms with Crippen molar-refractivity contribution in [2.24, 2.45) is 5.10 Å². The zero-order valence-corrected chi connectivity index (χ0v) is 14.5. The molecule has 128 valence electrons. The Bertz CT molecular complexity index is 875. The van der Waals surface area contributed by atoms with E-state index in [4.69, 9.17) is 5.11 Å². The van der Waals surface area contributed by atoms with Gasteiger partial charge >= 0.3 is 0 Å². The van der Waals surface area contributed by atoms with Crippen molar-refractivity contribution in [1.82, 2.24) is 4.98 Å². The largest absolute Gasteiger partial charge is 0.395 e. The molecule has 5 nitrogen and oxygen atoms in total. The fourth-order valence-electron chi connectivity index (χ4n) is 2.67. The molecular weight excluding hydrogens is 312 g/mol. The van der Waals surface area contributed by atoms with Crippen LogP contribution in [0.3, 0.4) is 0 Å². The third-order valence-electron chi connectivity index (χ3n) is 4.09. The molecule has 0 atom stereocenters. The summed E-state index contributed by atoms with van der Waals surface area (Å²) in [7, 11) is 1.95. The van der Waals surface area contributed by atoms with E-state index in [0.29, 0.717) is 6.54 Å². The third-order valence-corrected chi connectivity index (χ3v) is 4.09. The van der Waals surface area contributed by atoms with Gasteiger partial charge in [-0.05, 0) is 42.3 Å². The average Bonchev–Trinajstić information content (AvgIpc) is 2.62. The Balaban J connectivity index is 1.69. The number of nitrogens with zero attached hydrogens (tertiary/aromatic N) is 3. The molecule has 1 aromatic heterocycles. The van der Waals surface area contributed by atoms with E-state index in [1.165, 1.54) is 5.56 Å². The van der Waals surface area contributed by atoms with Gasteiger partial charge in [0.2, 0.25) is 0 Å². The van der Waals surface area contributed by atoms with E-state index < -0.39 is 0 Å². The molecule has 0 saturated carbocycles. The zero-order valence-electron chi connectivity index (χ0n) is 14.5. The highest BCUT2D eigenvalue weighted by Crippen LogP contribution is 2.19. The summed E-state index contributed by atoms with van der Waals surface area (Å²) < 4.78 is 0. The number of hydrazone groups is 1. The molecule has 5 heteroatoms. The smallest absolute Gasteiger partial charge is 0.147 e. The second-order valence-electron chi connectivity index (χ2n) is 5.95. The van der Waals surface area contributed by atoms with Crippen molar-refractivity contribution in [2.75, 3.05) is 30.5 Å². The molecule has 2 aromatic carbocycles. The Morgan fingerprint density at radius 2 is 1.92 bits per heavy atom. The highest BCUT2D eigenvalue weighted by molar-refractivity contribution is 5.84. The lowest BCUT2D eigenvalue weighted by molar-refractivity contribution is 0.304. The highest BCUT2D eigenvalue weighted by atomic mass is 16.3. The van der Waals surface area contributed by atoms with Gasteiger partial charge in [-0.25, -0.2) is 4.98 Å². The summed E-state index contributed by atoms with van der Waals surface area (Å²) in [5.74, 6) is 0.728. The number of likely N-dealkylation sites (N-methyl/N-ethyl adjacent to an activating group) is 1. The molecule has 0 bridgehead atoms. The molecule has 0 aliphatic carbocycles. The lowest BCUT2D eigenvalue weighted by Gasteiger charge is -2.17. The second-order valence-corrected chi connectivity index (χ2v) is 5.95. The van der Waals surface area contributed by atoms with Gasteiger partial charge < -0.3 is 10.0 Å². The predicted molar refractivity (Wildman–Crippen MR) is 104 cm³/mol. The van der Waals surface area contributed by atoms with E-state index >= 15 is 0 Å². The highest BCUT2D eigenvalue weighted by Gasteiger charge is 2.01. The van der Waals surface area contributed by atoms with Gasteiger partial charge in [-0.1, -0.05) is 30.3 Å². The molecule has 0 radical (unpaired) electrons. The Morgan fingerprint density at radius 3 is 2.68 bits per heavy atom. The molecule has 3 aromatic rings. The fourth-order valence-corrected chi connectivity index (χ4v) is 2.67. The van der Waals surface area contributed by atoms with Crippen LogP contribution in [0.5, 0.6) is 0 Å². The second kappa shape index (κ2) is 7.77. The molecule has 1 heterocycles. The monoisotopic (exact) mass is 334 g/mol. The molecule has 0 unspecified atom stereocenters. The molecule has 25 heavy (non-hydrogen) atoms. The van der Waals surface area contributed by atoms with Crippen molar-refractivity contribution in [3.05, 3.63) is 65.7 Å². The Labute approximate surface area is 147 Å². The van der Waals surface area contributed by atoms with Crippen LogP contribution in [0, 0.1) is 6.92 Å². The van der Waals surface area contributed by atoms with Gasteiger partial charge in [0, 0.05) is 24.7 Å². The first-order chi connectivity index (χ1) is 12.2. The Kier molecular flexibility index (Phi) is 5.26. The molecule has 0 aliphatic heterocycles.